The summed E-state index contributed by atoms with van der Waals surface area (Å²) < 4.78 is 0. The highest BCUT2D eigenvalue weighted by atomic mass is 16.3. The number of carbonyl (C=O) groups excluding carboxylic acids is 1. The Hall–Kier alpha value is -1.82. The highest BCUT2D eigenvalue weighted by Gasteiger charge is 2.18. The van der Waals surface area contributed by atoms with Crippen molar-refractivity contribution in [2.24, 2.45) is 0 Å². The molecule has 0 unspecified atom stereocenters. The summed E-state index contributed by atoms with van der Waals surface area (Å²) in [7, 11) is 1.55. The van der Waals surface area contributed by atoms with Crippen molar-refractivity contribution in [3.05, 3.63) is 27.7 Å². The van der Waals surface area contributed by atoms with Crippen LogP contribution in [0.4, 0.5) is 0 Å². The third-order valence-electron chi connectivity index (χ3n) is 2.88. The van der Waals surface area contributed by atoms with E-state index in [-0.39, 0.29) is 17.7 Å². The molecule has 6 nitrogen and oxygen atoms in total. The first kappa shape index (κ1) is 14.2. The van der Waals surface area contributed by atoms with Crippen LogP contribution in [0.3, 0.4) is 0 Å². The Bertz CT molecular complexity index is 496. The molecule has 0 aliphatic rings. The number of carbonyl (C=O) groups is 1. The lowest BCUT2D eigenvalue weighted by Crippen LogP contribution is -2.42. The van der Waals surface area contributed by atoms with E-state index in [0.717, 1.165) is 0 Å². The van der Waals surface area contributed by atoms with Crippen LogP contribution in [0.15, 0.2) is 11.0 Å². The molecule has 1 heterocycles. The molecule has 0 saturated heterocycles. The number of H-pyrrole nitrogens is 1. The van der Waals surface area contributed by atoms with E-state index in [1.807, 2.05) is 0 Å². The summed E-state index contributed by atoms with van der Waals surface area (Å²) in [5.74, 6) is -0.441. The van der Waals surface area contributed by atoms with E-state index in [4.69, 9.17) is 0 Å². The van der Waals surface area contributed by atoms with E-state index in [9.17, 15) is 14.7 Å². The molecule has 1 amide bonds. The molecule has 0 bridgehead atoms. The van der Waals surface area contributed by atoms with Gasteiger partial charge in [0.2, 0.25) is 11.3 Å². The predicted octanol–water partition coefficient (Wildman–Crippen LogP) is 0.174. The number of amides is 1. The lowest BCUT2D eigenvalue weighted by atomic mass is 10.1. The molecule has 0 radical (unpaired) electrons. The van der Waals surface area contributed by atoms with Gasteiger partial charge in [-0.25, -0.2) is 0 Å². The molecule has 100 valence electrons. The maximum atomic E-state index is 11.8. The van der Waals surface area contributed by atoms with Crippen molar-refractivity contribution in [3.8, 4) is 5.75 Å². The second-order valence-electron chi connectivity index (χ2n) is 4.27. The van der Waals surface area contributed by atoms with Gasteiger partial charge >= 0.3 is 0 Å². The number of aromatic amines is 1. The van der Waals surface area contributed by atoms with Gasteiger partial charge in [-0.1, -0.05) is 0 Å². The third-order valence-corrected chi connectivity index (χ3v) is 2.88. The van der Waals surface area contributed by atoms with Crippen LogP contribution in [-0.2, 0) is 4.79 Å². The van der Waals surface area contributed by atoms with E-state index in [0.29, 0.717) is 11.3 Å². The Morgan fingerprint density at radius 1 is 1.44 bits per heavy atom. The van der Waals surface area contributed by atoms with Crippen molar-refractivity contribution >= 4 is 5.91 Å². The molecule has 1 aromatic rings. The lowest BCUT2D eigenvalue weighted by molar-refractivity contribution is -0.122. The average molecular weight is 253 g/mol. The van der Waals surface area contributed by atoms with Crippen LogP contribution in [0.2, 0.25) is 0 Å². The fourth-order valence-electron chi connectivity index (χ4n) is 1.71. The van der Waals surface area contributed by atoms with E-state index >= 15 is 0 Å². The molecular weight excluding hydrogens is 234 g/mol. The molecule has 0 aliphatic carbocycles. The standard InChI is InChI=1S/C12H19N3O3/c1-6(15-8(3)12(18)13-4)9-5-14-7(2)10(16)11(9)17/h5-6,8,15-16H,1-4H3,(H,13,18)(H,14,17)/t6-,8+/m1/s1. The molecule has 0 fully saturated rings. The zero-order valence-corrected chi connectivity index (χ0v) is 11.0. The summed E-state index contributed by atoms with van der Waals surface area (Å²) in [5.41, 5.74) is 0.402. The molecule has 4 N–H and O–H groups in total. The van der Waals surface area contributed by atoms with Crippen molar-refractivity contribution in [1.29, 1.82) is 0 Å². The van der Waals surface area contributed by atoms with Crippen LogP contribution < -0.4 is 16.1 Å². The van der Waals surface area contributed by atoms with Gasteiger partial charge in [0.05, 0.1) is 11.7 Å². The SMILES string of the molecule is CNC(=O)[C@H](C)N[C@H](C)c1c[nH]c(C)c(O)c1=O. The second kappa shape index (κ2) is 5.68. The van der Waals surface area contributed by atoms with Gasteiger partial charge < -0.3 is 15.4 Å². The van der Waals surface area contributed by atoms with Crippen LogP contribution in [0.25, 0.3) is 0 Å². The maximum Gasteiger partial charge on any atom is 0.236 e. The third kappa shape index (κ3) is 2.89. The van der Waals surface area contributed by atoms with Crippen LogP contribution >= 0.6 is 0 Å². The molecule has 2 atom stereocenters. The second-order valence-corrected chi connectivity index (χ2v) is 4.27. The Morgan fingerprint density at radius 3 is 2.61 bits per heavy atom. The Labute approximate surface area is 105 Å². The number of hydrogen-bond donors (Lipinski definition) is 4. The van der Waals surface area contributed by atoms with Crippen molar-refractivity contribution in [2.75, 3.05) is 7.05 Å². The summed E-state index contributed by atoms with van der Waals surface area (Å²) >= 11 is 0. The molecule has 18 heavy (non-hydrogen) atoms. The number of pyridine rings is 1. The van der Waals surface area contributed by atoms with Crippen molar-refractivity contribution in [3.63, 3.8) is 0 Å². The lowest BCUT2D eigenvalue weighted by Gasteiger charge is -2.19. The minimum Gasteiger partial charge on any atom is -0.503 e. The van der Waals surface area contributed by atoms with Gasteiger partial charge in [0.1, 0.15) is 0 Å². The largest absolute Gasteiger partial charge is 0.503 e. The van der Waals surface area contributed by atoms with Crippen molar-refractivity contribution in [2.45, 2.75) is 32.9 Å². The van der Waals surface area contributed by atoms with Gasteiger partial charge in [-0.15, -0.1) is 0 Å². The Kier molecular flexibility index (Phi) is 4.49. The summed E-state index contributed by atoms with van der Waals surface area (Å²) in [6.07, 6.45) is 1.55. The molecule has 0 spiro atoms. The first-order valence-corrected chi connectivity index (χ1v) is 5.77. The first-order valence-electron chi connectivity index (χ1n) is 5.77. The van der Waals surface area contributed by atoms with Gasteiger partial charge in [-0.2, -0.15) is 0 Å². The maximum absolute atomic E-state index is 11.8. The monoisotopic (exact) mass is 253 g/mol. The minimum absolute atomic E-state index is 0.158. The normalized spacial score (nSPS) is 14.0. The number of nitrogens with one attached hydrogen (secondary N) is 3. The van der Waals surface area contributed by atoms with Gasteiger partial charge in [-0.3, -0.25) is 14.9 Å². The zero-order valence-electron chi connectivity index (χ0n) is 11.0. The van der Waals surface area contributed by atoms with Crippen LogP contribution in [0.1, 0.15) is 31.1 Å². The van der Waals surface area contributed by atoms with Crippen molar-refractivity contribution < 1.29 is 9.90 Å². The molecule has 0 aliphatic heterocycles. The van der Waals surface area contributed by atoms with E-state index < -0.39 is 11.5 Å². The first-order chi connectivity index (χ1) is 8.38. The summed E-state index contributed by atoms with van der Waals surface area (Å²) in [5, 5.41) is 15.1. The summed E-state index contributed by atoms with van der Waals surface area (Å²) in [6, 6.07) is -0.764. The molecule has 6 heteroatoms. The van der Waals surface area contributed by atoms with Crippen LogP contribution in [-0.4, -0.2) is 29.1 Å². The van der Waals surface area contributed by atoms with E-state index in [2.05, 4.69) is 15.6 Å². The molecular formula is C12H19N3O3. The number of aromatic nitrogens is 1. The molecule has 0 saturated carbocycles. The van der Waals surface area contributed by atoms with E-state index in [1.54, 1.807) is 34.0 Å². The average Bonchev–Trinajstić information content (AvgIpc) is 2.34. The fourth-order valence-corrected chi connectivity index (χ4v) is 1.71. The fraction of sp³-hybridized carbons (Fsp3) is 0.500. The molecule has 0 aromatic carbocycles. The number of aromatic hydroxyl groups is 1. The summed E-state index contributed by atoms with van der Waals surface area (Å²) in [4.78, 5) is 26.0. The van der Waals surface area contributed by atoms with Gasteiger partial charge in [0, 0.05) is 24.8 Å². The highest BCUT2D eigenvalue weighted by molar-refractivity contribution is 5.80. The highest BCUT2D eigenvalue weighted by Crippen LogP contribution is 2.13. The molecule has 1 rings (SSSR count). The summed E-state index contributed by atoms with van der Waals surface area (Å²) in [6.45, 7) is 5.09. The van der Waals surface area contributed by atoms with Crippen LogP contribution in [0, 0.1) is 6.92 Å². The van der Waals surface area contributed by atoms with Gasteiger partial charge in [0.25, 0.3) is 0 Å². The Balaban J connectivity index is 2.92. The van der Waals surface area contributed by atoms with Gasteiger partial charge in [-0.05, 0) is 20.8 Å². The smallest absolute Gasteiger partial charge is 0.236 e. The van der Waals surface area contributed by atoms with Crippen LogP contribution in [0.5, 0.6) is 5.75 Å². The number of hydrogen-bond acceptors (Lipinski definition) is 4. The van der Waals surface area contributed by atoms with Crippen molar-refractivity contribution in [1.82, 2.24) is 15.6 Å². The quantitative estimate of drug-likeness (QED) is 0.615. The number of likely N-dealkylation sites (N-methyl/N-ethyl adjacent to an activating group) is 1. The zero-order chi connectivity index (χ0) is 13.9. The number of aryl methyl sites for hydroxylation is 1. The van der Waals surface area contributed by atoms with E-state index in [1.165, 1.54) is 0 Å². The Morgan fingerprint density at radius 2 is 2.06 bits per heavy atom. The minimum atomic E-state index is -0.423. The van der Waals surface area contributed by atoms with Gasteiger partial charge in [0.15, 0.2) is 5.75 Å². The predicted molar refractivity (Wildman–Crippen MR) is 68.5 cm³/mol. The topological polar surface area (TPSA) is 94.2 Å². The molecule has 1 aromatic heterocycles. The number of rotatable bonds is 4.